The topological polar surface area (TPSA) is 40.5 Å². The summed E-state index contributed by atoms with van der Waals surface area (Å²) in [5, 5.41) is 18.2. The van der Waals surface area contributed by atoms with E-state index in [1.165, 1.54) is 0 Å². The molecule has 2 unspecified atom stereocenters. The fraction of sp³-hybridized carbons (Fsp3) is 0.778. The summed E-state index contributed by atoms with van der Waals surface area (Å²) in [6, 6.07) is 0. The first kappa shape index (κ1) is 10.7. The lowest BCUT2D eigenvalue weighted by Gasteiger charge is -2.11. The van der Waals surface area contributed by atoms with E-state index >= 15 is 0 Å². The van der Waals surface area contributed by atoms with E-state index in [4.69, 9.17) is 5.11 Å². The zero-order valence-electron chi connectivity index (χ0n) is 7.54. The molecule has 11 heavy (non-hydrogen) atoms. The lowest BCUT2D eigenvalue weighted by atomic mass is 10.1. The van der Waals surface area contributed by atoms with Gasteiger partial charge in [-0.05, 0) is 33.6 Å². The number of aliphatic hydroxyl groups is 2. The second-order valence-electron chi connectivity index (χ2n) is 3.08. The summed E-state index contributed by atoms with van der Waals surface area (Å²) < 4.78 is 0. The third kappa shape index (κ3) is 6.07. The monoisotopic (exact) mass is 158 g/mol. The van der Waals surface area contributed by atoms with Crippen LogP contribution in [0.1, 0.15) is 33.6 Å². The van der Waals surface area contributed by atoms with Gasteiger partial charge in [0.2, 0.25) is 0 Å². The first-order chi connectivity index (χ1) is 5.06. The molecule has 0 heterocycles. The molecule has 0 saturated carbocycles. The second-order valence-corrected chi connectivity index (χ2v) is 3.08. The summed E-state index contributed by atoms with van der Waals surface area (Å²) in [5.74, 6) is 0. The predicted molar refractivity (Wildman–Crippen MR) is 46.4 cm³/mol. The Hall–Kier alpha value is -0.340. The van der Waals surface area contributed by atoms with Crippen molar-refractivity contribution in [3.05, 3.63) is 11.6 Å². The second kappa shape index (κ2) is 5.33. The molecule has 0 bridgehead atoms. The van der Waals surface area contributed by atoms with E-state index in [1.54, 1.807) is 6.92 Å². The summed E-state index contributed by atoms with van der Waals surface area (Å²) in [4.78, 5) is 0. The molecule has 0 amide bonds. The third-order valence-electron chi connectivity index (χ3n) is 1.66. The van der Waals surface area contributed by atoms with Gasteiger partial charge in [0.1, 0.15) is 0 Å². The van der Waals surface area contributed by atoms with E-state index in [1.807, 2.05) is 19.9 Å². The number of allylic oxidation sites excluding steroid dienone is 1. The SMILES string of the molecule is CC=C(C)CC(O)CC(C)O. The largest absolute Gasteiger partial charge is 0.393 e. The maximum absolute atomic E-state index is 9.32. The van der Waals surface area contributed by atoms with Gasteiger partial charge in [-0.25, -0.2) is 0 Å². The molecule has 0 aliphatic heterocycles. The van der Waals surface area contributed by atoms with Crippen LogP contribution in [-0.2, 0) is 0 Å². The van der Waals surface area contributed by atoms with E-state index in [-0.39, 0.29) is 0 Å². The standard InChI is InChI=1S/C9H18O2/c1-4-7(2)5-9(11)6-8(3)10/h4,8-11H,5-6H2,1-3H3. The Morgan fingerprint density at radius 1 is 1.45 bits per heavy atom. The molecule has 0 rings (SSSR count). The average Bonchev–Trinajstić information content (AvgIpc) is 1.85. The lowest BCUT2D eigenvalue weighted by Crippen LogP contribution is -2.14. The first-order valence-electron chi connectivity index (χ1n) is 4.04. The summed E-state index contributed by atoms with van der Waals surface area (Å²) in [7, 11) is 0. The Morgan fingerprint density at radius 2 is 2.00 bits per heavy atom. The van der Waals surface area contributed by atoms with Gasteiger partial charge < -0.3 is 10.2 Å². The van der Waals surface area contributed by atoms with Crippen LogP contribution in [0.4, 0.5) is 0 Å². The van der Waals surface area contributed by atoms with Crippen LogP contribution in [-0.4, -0.2) is 22.4 Å². The van der Waals surface area contributed by atoms with Crippen molar-refractivity contribution in [3.8, 4) is 0 Å². The van der Waals surface area contributed by atoms with Gasteiger partial charge in [-0.3, -0.25) is 0 Å². The van der Waals surface area contributed by atoms with Crippen LogP contribution in [0.5, 0.6) is 0 Å². The van der Waals surface area contributed by atoms with Crippen LogP contribution < -0.4 is 0 Å². The van der Waals surface area contributed by atoms with Crippen molar-refractivity contribution in [2.75, 3.05) is 0 Å². The van der Waals surface area contributed by atoms with Crippen LogP contribution in [0.3, 0.4) is 0 Å². The highest BCUT2D eigenvalue weighted by molar-refractivity contribution is 4.97. The maximum Gasteiger partial charge on any atom is 0.0601 e. The molecule has 0 aromatic carbocycles. The van der Waals surface area contributed by atoms with Crippen molar-refractivity contribution < 1.29 is 10.2 Å². The van der Waals surface area contributed by atoms with Crippen LogP contribution in [0.15, 0.2) is 11.6 Å². The maximum atomic E-state index is 9.32. The van der Waals surface area contributed by atoms with Crippen LogP contribution in [0, 0.1) is 0 Å². The van der Waals surface area contributed by atoms with Crippen molar-refractivity contribution >= 4 is 0 Å². The molecule has 2 nitrogen and oxygen atoms in total. The highest BCUT2D eigenvalue weighted by atomic mass is 16.3. The molecular weight excluding hydrogens is 140 g/mol. The minimum Gasteiger partial charge on any atom is -0.393 e. The molecule has 2 N–H and O–H groups in total. The molecule has 0 radical (unpaired) electrons. The smallest absolute Gasteiger partial charge is 0.0601 e. The van der Waals surface area contributed by atoms with Gasteiger partial charge in [0, 0.05) is 0 Å². The summed E-state index contributed by atoms with van der Waals surface area (Å²) >= 11 is 0. The summed E-state index contributed by atoms with van der Waals surface area (Å²) in [6.45, 7) is 5.61. The number of rotatable bonds is 4. The molecule has 66 valence electrons. The number of aliphatic hydroxyl groups excluding tert-OH is 2. The zero-order valence-corrected chi connectivity index (χ0v) is 7.54. The molecule has 0 spiro atoms. The van der Waals surface area contributed by atoms with Gasteiger partial charge in [0.15, 0.2) is 0 Å². The number of hydrogen-bond donors (Lipinski definition) is 2. The van der Waals surface area contributed by atoms with Crippen molar-refractivity contribution in [1.82, 2.24) is 0 Å². The molecule has 0 aliphatic rings. The average molecular weight is 158 g/mol. The fourth-order valence-electron chi connectivity index (χ4n) is 0.967. The van der Waals surface area contributed by atoms with E-state index in [2.05, 4.69) is 0 Å². The van der Waals surface area contributed by atoms with Gasteiger partial charge in [0.25, 0.3) is 0 Å². The quantitative estimate of drug-likeness (QED) is 0.608. The van der Waals surface area contributed by atoms with E-state index in [9.17, 15) is 5.11 Å². The molecule has 2 heteroatoms. The minimum absolute atomic E-state index is 0.397. The Kier molecular flexibility index (Phi) is 5.16. The van der Waals surface area contributed by atoms with Crippen molar-refractivity contribution in [3.63, 3.8) is 0 Å². The lowest BCUT2D eigenvalue weighted by molar-refractivity contribution is 0.0908. The Morgan fingerprint density at radius 3 is 2.36 bits per heavy atom. The molecule has 0 saturated heterocycles. The van der Waals surface area contributed by atoms with Crippen LogP contribution in [0.2, 0.25) is 0 Å². The van der Waals surface area contributed by atoms with Crippen molar-refractivity contribution in [2.24, 2.45) is 0 Å². The molecular formula is C9H18O2. The Balaban J connectivity index is 3.60. The van der Waals surface area contributed by atoms with Gasteiger partial charge in [-0.2, -0.15) is 0 Å². The Bertz CT molecular complexity index is 128. The van der Waals surface area contributed by atoms with Gasteiger partial charge >= 0.3 is 0 Å². The summed E-state index contributed by atoms with van der Waals surface area (Å²) in [6.07, 6.45) is 2.30. The first-order valence-corrected chi connectivity index (χ1v) is 4.04. The molecule has 2 atom stereocenters. The summed E-state index contributed by atoms with van der Waals surface area (Å²) in [5.41, 5.74) is 1.16. The molecule has 0 aromatic rings. The zero-order chi connectivity index (χ0) is 8.85. The van der Waals surface area contributed by atoms with E-state index in [0.717, 1.165) is 5.57 Å². The third-order valence-corrected chi connectivity index (χ3v) is 1.66. The molecule has 0 aromatic heterocycles. The molecule has 0 fully saturated rings. The Labute approximate surface area is 68.6 Å². The minimum atomic E-state index is -0.408. The molecule has 0 aliphatic carbocycles. The van der Waals surface area contributed by atoms with Gasteiger partial charge in [-0.15, -0.1) is 0 Å². The van der Waals surface area contributed by atoms with Crippen molar-refractivity contribution in [2.45, 2.75) is 45.8 Å². The van der Waals surface area contributed by atoms with Crippen molar-refractivity contribution in [1.29, 1.82) is 0 Å². The predicted octanol–water partition coefficient (Wildman–Crippen LogP) is 1.47. The van der Waals surface area contributed by atoms with Gasteiger partial charge in [-0.1, -0.05) is 11.6 Å². The fourth-order valence-corrected chi connectivity index (χ4v) is 0.967. The highest BCUT2D eigenvalue weighted by Gasteiger charge is 2.07. The van der Waals surface area contributed by atoms with Crippen LogP contribution in [0.25, 0.3) is 0 Å². The van der Waals surface area contributed by atoms with Crippen LogP contribution >= 0.6 is 0 Å². The normalized spacial score (nSPS) is 18.1. The highest BCUT2D eigenvalue weighted by Crippen LogP contribution is 2.08. The van der Waals surface area contributed by atoms with Gasteiger partial charge in [0.05, 0.1) is 12.2 Å². The number of hydrogen-bond acceptors (Lipinski definition) is 2. The van der Waals surface area contributed by atoms with E-state index < -0.39 is 12.2 Å². The van der Waals surface area contributed by atoms with E-state index in [0.29, 0.717) is 12.8 Å².